The van der Waals surface area contributed by atoms with Crippen molar-refractivity contribution in [3.05, 3.63) is 65.2 Å². The van der Waals surface area contributed by atoms with E-state index in [9.17, 15) is 9.59 Å². The minimum atomic E-state index is -0.237. The number of benzene rings is 2. The minimum Gasteiger partial charge on any atom is -0.370 e. The summed E-state index contributed by atoms with van der Waals surface area (Å²) in [4.78, 5) is 31.7. The highest BCUT2D eigenvalue weighted by Gasteiger charge is 2.16. The maximum Gasteiger partial charge on any atom is 0.261 e. The molecule has 27 heavy (non-hydrogen) atoms. The Hall–Kier alpha value is -3.15. The van der Waals surface area contributed by atoms with Crippen LogP contribution in [0.3, 0.4) is 0 Å². The first-order valence-electron chi connectivity index (χ1n) is 9.30. The molecule has 0 bridgehead atoms. The van der Waals surface area contributed by atoms with Crippen molar-refractivity contribution in [1.82, 2.24) is 9.55 Å². The Morgan fingerprint density at radius 3 is 2.59 bits per heavy atom. The SMILES string of the molecule is O=C(Cn1cnc2ccccc2c1=O)Nc1ccccc1N1CCCCC1. The summed E-state index contributed by atoms with van der Waals surface area (Å²) in [7, 11) is 0. The number of hydrogen-bond donors (Lipinski definition) is 1. The Labute approximate surface area is 157 Å². The average molecular weight is 362 g/mol. The summed E-state index contributed by atoms with van der Waals surface area (Å²) >= 11 is 0. The molecule has 4 rings (SSSR count). The third-order valence-electron chi connectivity index (χ3n) is 4.92. The minimum absolute atomic E-state index is 0.0645. The van der Waals surface area contributed by atoms with Gasteiger partial charge in [-0.05, 0) is 43.5 Å². The number of amides is 1. The normalized spacial score (nSPS) is 14.3. The predicted molar refractivity (Wildman–Crippen MR) is 107 cm³/mol. The van der Waals surface area contributed by atoms with Gasteiger partial charge in [0.05, 0.1) is 28.6 Å². The van der Waals surface area contributed by atoms with Crippen LogP contribution in [0.1, 0.15) is 19.3 Å². The van der Waals surface area contributed by atoms with Crippen molar-refractivity contribution < 1.29 is 4.79 Å². The molecule has 2 heterocycles. The Kier molecular flexibility index (Phi) is 4.87. The number of carbonyl (C=O) groups excluding carboxylic acids is 1. The van der Waals surface area contributed by atoms with Crippen LogP contribution in [0.5, 0.6) is 0 Å². The van der Waals surface area contributed by atoms with E-state index in [1.165, 1.54) is 30.2 Å². The van der Waals surface area contributed by atoms with E-state index in [0.29, 0.717) is 10.9 Å². The quantitative estimate of drug-likeness (QED) is 0.775. The summed E-state index contributed by atoms with van der Waals surface area (Å²) < 4.78 is 1.35. The summed E-state index contributed by atoms with van der Waals surface area (Å²) in [6.45, 7) is 1.94. The zero-order chi connectivity index (χ0) is 18.6. The first kappa shape index (κ1) is 17.3. The molecule has 0 atom stereocenters. The summed E-state index contributed by atoms with van der Waals surface area (Å²) in [6.07, 6.45) is 5.02. The van der Waals surface area contributed by atoms with Gasteiger partial charge in [-0.25, -0.2) is 4.98 Å². The summed E-state index contributed by atoms with van der Waals surface area (Å²) in [5.41, 5.74) is 2.25. The Morgan fingerprint density at radius 2 is 1.74 bits per heavy atom. The van der Waals surface area contributed by atoms with Crippen molar-refractivity contribution in [2.24, 2.45) is 0 Å². The van der Waals surface area contributed by atoms with E-state index in [-0.39, 0.29) is 18.0 Å². The van der Waals surface area contributed by atoms with E-state index in [1.54, 1.807) is 18.2 Å². The lowest BCUT2D eigenvalue weighted by atomic mass is 10.1. The van der Waals surface area contributed by atoms with Crippen LogP contribution in [-0.2, 0) is 11.3 Å². The topological polar surface area (TPSA) is 67.2 Å². The van der Waals surface area contributed by atoms with Crippen LogP contribution in [0.15, 0.2) is 59.7 Å². The second-order valence-electron chi connectivity index (χ2n) is 6.81. The number of fused-ring (bicyclic) bond motifs is 1. The molecule has 138 valence electrons. The molecule has 1 N–H and O–H groups in total. The van der Waals surface area contributed by atoms with Crippen molar-refractivity contribution in [2.75, 3.05) is 23.3 Å². The molecule has 1 aliphatic heterocycles. The van der Waals surface area contributed by atoms with Crippen LogP contribution in [0.2, 0.25) is 0 Å². The molecule has 1 fully saturated rings. The molecule has 3 aromatic rings. The maximum absolute atomic E-state index is 12.6. The number of hydrogen-bond acceptors (Lipinski definition) is 4. The van der Waals surface area contributed by atoms with E-state index in [0.717, 1.165) is 24.5 Å². The monoisotopic (exact) mass is 362 g/mol. The predicted octanol–water partition coefficient (Wildman–Crippen LogP) is 3.03. The van der Waals surface area contributed by atoms with Gasteiger partial charge in [-0.15, -0.1) is 0 Å². The molecule has 0 unspecified atom stereocenters. The smallest absolute Gasteiger partial charge is 0.261 e. The van der Waals surface area contributed by atoms with Gasteiger partial charge in [0, 0.05) is 13.1 Å². The molecule has 0 radical (unpaired) electrons. The van der Waals surface area contributed by atoms with Crippen LogP contribution >= 0.6 is 0 Å². The summed E-state index contributed by atoms with van der Waals surface area (Å²) in [6, 6.07) is 15.0. The largest absolute Gasteiger partial charge is 0.370 e. The molecule has 0 aliphatic carbocycles. The average Bonchev–Trinajstić information content (AvgIpc) is 2.71. The molecule has 1 amide bonds. The van der Waals surface area contributed by atoms with Crippen LogP contribution in [0.25, 0.3) is 10.9 Å². The highest BCUT2D eigenvalue weighted by Crippen LogP contribution is 2.28. The van der Waals surface area contributed by atoms with Crippen LogP contribution in [0.4, 0.5) is 11.4 Å². The lowest BCUT2D eigenvalue weighted by molar-refractivity contribution is -0.116. The molecule has 1 aromatic heterocycles. The molecular formula is C21H22N4O2. The Morgan fingerprint density at radius 1 is 1.00 bits per heavy atom. The number of rotatable bonds is 4. The van der Waals surface area contributed by atoms with Gasteiger partial charge in [0.25, 0.3) is 5.56 Å². The van der Waals surface area contributed by atoms with Gasteiger partial charge < -0.3 is 10.2 Å². The summed E-state index contributed by atoms with van der Waals surface area (Å²) in [5.74, 6) is -0.237. The third kappa shape index (κ3) is 3.69. The highest BCUT2D eigenvalue weighted by molar-refractivity contribution is 5.94. The number of nitrogens with zero attached hydrogens (tertiary/aromatic N) is 3. The Balaban J connectivity index is 1.54. The zero-order valence-corrected chi connectivity index (χ0v) is 15.1. The fourth-order valence-corrected chi connectivity index (χ4v) is 3.55. The number of anilines is 2. The molecule has 6 heteroatoms. The summed E-state index contributed by atoms with van der Waals surface area (Å²) in [5, 5.41) is 3.48. The van der Waals surface area contributed by atoms with Crippen LogP contribution in [0, 0.1) is 0 Å². The fraction of sp³-hybridized carbons (Fsp3) is 0.286. The second kappa shape index (κ2) is 7.61. The molecular weight excluding hydrogens is 340 g/mol. The highest BCUT2D eigenvalue weighted by atomic mass is 16.2. The van der Waals surface area contributed by atoms with Crippen LogP contribution < -0.4 is 15.8 Å². The first-order valence-corrected chi connectivity index (χ1v) is 9.30. The van der Waals surface area contributed by atoms with Crippen molar-refractivity contribution in [3.8, 4) is 0 Å². The molecule has 0 spiro atoms. The lowest BCUT2D eigenvalue weighted by Gasteiger charge is -2.30. The van der Waals surface area contributed by atoms with E-state index in [2.05, 4.69) is 15.2 Å². The van der Waals surface area contributed by atoms with Crippen molar-refractivity contribution in [3.63, 3.8) is 0 Å². The van der Waals surface area contributed by atoms with E-state index < -0.39 is 0 Å². The molecule has 1 aliphatic rings. The van der Waals surface area contributed by atoms with Gasteiger partial charge >= 0.3 is 0 Å². The zero-order valence-electron chi connectivity index (χ0n) is 15.1. The molecule has 2 aromatic carbocycles. The van der Waals surface area contributed by atoms with Crippen molar-refractivity contribution in [2.45, 2.75) is 25.8 Å². The van der Waals surface area contributed by atoms with Gasteiger partial charge in [-0.1, -0.05) is 24.3 Å². The second-order valence-corrected chi connectivity index (χ2v) is 6.81. The van der Waals surface area contributed by atoms with Gasteiger partial charge in [-0.2, -0.15) is 0 Å². The number of nitrogens with one attached hydrogen (secondary N) is 1. The third-order valence-corrected chi connectivity index (χ3v) is 4.92. The molecule has 0 saturated carbocycles. The van der Waals surface area contributed by atoms with Crippen molar-refractivity contribution in [1.29, 1.82) is 0 Å². The number of para-hydroxylation sites is 3. The molecule has 1 saturated heterocycles. The first-order chi connectivity index (χ1) is 13.2. The number of carbonyl (C=O) groups is 1. The van der Waals surface area contributed by atoms with Gasteiger partial charge in [0.2, 0.25) is 5.91 Å². The van der Waals surface area contributed by atoms with Gasteiger partial charge in [0.15, 0.2) is 0 Å². The van der Waals surface area contributed by atoms with Gasteiger partial charge in [0.1, 0.15) is 6.54 Å². The van der Waals surface area contributed by atoms with Crippen LogP contribution in [-0.4, -0.2) is 28.5 Å². The molecule has 6 nitrogen and oxygen atoms in total. The Bertz CT molecular complexity index is 1020. The number of aromatic nitrogens is 2. The lowest BCUT2D eigenvalue weighted by Crippen LogP contribution is -2.31. The fourth-order valence-electron chi connectivity index (χ4n) is 3.55. The number of piperidine rings is 1. The van der Waals surface area contributed by atoms with E-state index in [1.807, 2.05) is 30.3 Å². The van der Waals surface area contributed by atoms with E-state index in [4.69, 9.17) is 0 Å². The van der Waals surface area contributed by atoms with E-state index >= 15 is 0 Å². The van der Waals surface area contributed by atoms with Crippen molar-refractivity contribution >= 4 is 28.2 Å². The van der Waals surface area contributed by atoms with Gasteiger partial charge in [-0.3, -0.25) is 14.2 Å². The standard InChI is InChI=1S/C21H22N4O2/c26-20(14-25-15-22-17-9-3-2-8-16(17)21(25)27)23-18-10-4-5-11-19(18)24-12-6-1-7-13-24/h2-5,8-11,15H,1,6-7,12-14H2,(H,23,26). The maximum atomic E-state index is 12.6.